The largest absolute Gasteiger partial charge is 0.491 e. The Labute approximate surface area is 217 Å². The molecule has 0 N–H and O–H groups in total. The van der Waals surface area contributed by atoms with Crippen LogP contribution in [0.1, 0.15) is 125 Å². The molecule has 0 saturated heterocycles. The van der Waals surface area contributed by atoms with Gasteiger partial charge in [-0.2, -0.15) is 0 Å². The summed E-state index contributed by atoms with van der Waals surface area (Å²) >= 11 is 0. The van der Waals surface area contributed by atoms with E-state index in [1.165, 1.54) is 56.9 Å². The van der Waals surface area contributed by atoms with Gasteiger partial charge in [-0.15, -0.1) is 0 Å². The molecule has 2 aromatic carbocycles. The van der Waals surface area contributed by atoms with Crippen molar-refractivity contribution in [2.24, 2.45) is 17.8 Å². The van der Waals surface area contributed by atoms with Gasteiger partial charge in [0, 0.05) is 0 Å². The van der Waals surface area contributed by atoms with E-state index in [4.69, 9.17) is 4.74 Å². The molecule has 36 heavy (non-hydrogen) atoms. The molecule has 3 aliphatic carbocycles. The molecule has 0 bridgehead atoms. The number of benzene rings is 2. The first kappa shape index (κ1) is 25.7. The van der Waals surface area contributed by atoms with Crippen molar-refractivity contribution in [1.29, 1.82) is 0 Å². The Kier molecular flexibility index (Phi) is 8.33. The monoisotopic (exact) mass is 494 g/mol. The van der Waals surface area contributed by atoms with Gasteiger partial charge in [0.1, 0.15) is 5.82 Å². The molecule has 1 nitrogen and oxygen atoms in total. The Morgan fingerprint density at radius 3 is 1.67 bits per heavy atom. The molecule has 3 fully saturated rings. The van der Waals surface area contributed by atoms with Crippen molar-refractivity contribution in [3.05, 3.63) is 64.7 Å². The van der Waals surface area contributed by atoms with Crippen molar-refractivity contribution in [2.45, 2.75) is 109 Å². The van der Waals surface area contributed by atoms with Crippen molar-refractivity contribution in [2.75, 3.05) is 6.61 Å². The Balaban J connectivity index is 1.12. The van der Waals surface area contributed by atoms with Crippen LogP contribution >= 0.6 is 0 Å². The Morgan fingerprint density at radius 2 is 1.14 bits per heavy atom. The normalized spacial score (nSPS) is 31.2. The summed E-state index contributed by atoms with van der Waals surface area (Å²) in [5.74, 6) is 3.93. The van der Waals surface area contributed by atoms with Crippen LogP contribution in [0.3, 0.4) is 0 Å². The van der Waals surface area contributed by atoms with E-state index in [1.54, 1.807) is 12.1 Å². The van der Waals surface area contributed by atoms with Crippen LogP contribution in [0.5, 0.6) is 5.75 Å². The van der Waals surface area contributed by atoms with E-state index in [0.29, 0.717) is 30.1 Å². The summed E-state index contributed by atoms with van der Waals surface area (Å²) in [7, 11) is 0. The zero-order valence-electron chi connectivity index (χ0n) is 22.3. The van der Waals surface area contributed by atoms with Crippen molar-refractivity contribution in [3.63, 3.8) is 0 Å². The molecule has 0 radical (unpaired) electrons. The fourth-order valence-electron chi connectivity index (χ4n) is 7.59. The molecule has 5 rings (SSSR count). The van der Waals surface area contributed by atoms with Crippen molar-refractivity contribution >= 4 is 0 Å². The van der Waals surface area contributed by atoms with Gasteiger partial charge in [0.15, 0.2) is 11.6 Å². The Morgan fingerprint density at radius 1 is 0.639 bits per heavy atom. The highest BCUT2D eigenvalue weighted by atomic mass is 19.1. The first-order chi connectivity index (χ1) is 17.5. The molecule has 0 aromatic heterocycles. The van der Waals surface area contributed by atoms with E-state index in [2.05, 4.69) is 25.1 Å². The highest BCUT2D eigenvalue weighted by Gasteiger charge is 2.33. The summed E-state index contributed by atoms with van der Waals surface area (Å²) in [5, 5.41) is 0. The van der Waals surface area contributed by atoms with Gasteiger partial charge in [-0.05, 0) is 142 Å². The van der Waals surface area contributed by atoms with Crippen molar-refractivity contribution < 1.29 is 13.5 Å². The first-order valence-electron chi connectivity index (χ1n) is 14.7. The van der Waals surface area contributed by atoms with Gasteiger partial charge in [-0.25, -0.2) is 8.78 Å². The Hall–Kier alpha value is -1.90. The predicted octanol–water partition coefficient (Wildman–Crippen LogP) is 9.90. The third-order valence-electron chi connectivity index (χ3n) is 9.89. The minimum absolute atomic E-state index is 0.0395. The van der Waals surface area contributed by atoms with E-state index < -0.39 is 0 Å². The van der Waals surface area contributed by atoms with Crippen LogP contribution < -0.4 is 4.74 Å². The average molecular weight is 495 g/mol. The van der Waals surface area contributed by atoms with Crippen LogP contribution in [0, 0.1) is 29.4 Å². The summed E-state index contributed by atoms with van der Waals surface area (Å²) in [6.07, 6.45) is 14.4. The van der Waals surface area contributed by atoms with Crippen molar-refractivity contribution in [3.8, 4) is 5.75 Å². The smallest absolute Gasteiger partial charge is 0.165 e. The van der Waals surface area contributed by atoms with Crippen LogP contribution in [-0.4, -0.2) is 6.61 Å². The van der Waals surface area contributed by atoms with E-state index in [0.717, 1.165) is 54.6 Å². The zero-order chi connectivity index (χ0) is 25.1. The van der Waals surface area contributed by atoms with Gasteiger partial charge in [-0.1, -0.05) is 38.0 Å². The Bertz CT molecular complexity index is 993. The predicted molar refractivity (Wildman–Crippen MR) is 144 cm³/mol. The van der Waals surface area contributed by atoms with Crippen LogP contribution in [0.15, 0.2) is 36.4 Å². The summed E-state index contributed by atoms with van der Waals surface area (Å²) in [5.41, 5.74) is 3.31. The molecular formula is C33H44F2O. The molecule has 196 valence electrons. The fraction of sp³-hybridized carbons (Fsp3) is 0.636. The first-order valence-corrected chi connectivity index (χ1v) is 14.7. The van der Waals surface area contributed by atoms with E-state index in [9.17, 15) is 4.39 Å². The SMILES string of the molecule is CCOc1ccc(C2CCC(C3CCC(c4ccc(C5CCC(C)CC5)cc4F)CC3)CC2)cc1F. The lowest BCUT2D eigenvalue weighted by atomic mass is 9.67. The molecule has 0 heterocycles. The second kappa shape index (κ2) is 11.7. The van der Waals surface area contributed by atoms with Gasteiger partial charge >= 0.3 is 0 Å². The summed E-state index contributed by atoms with van der Waals surface area (Å²) in [6.45, 7) is 4.71. The van der Waals surface area contributed by atoms with Crippen molar-refractivity contribution in [1.82, 2.24) is 0 Å². The quantitative estimate of drug-likeness (QED) is 0.388. The molecule has 3 aliphatic rings. The number of hydrogen-bond acceptors (Lipinski definition) is 1. The van der Waals surface area contributed by atoms with Gasteiger partial charge in [-0.3, -0.25) is 0 Å². The summed E-state index contributed by atoms with van der Waals surface area (Å²) in [6, 6.07) is 11.8. The molecule has 0 spiro atoms. The molecule has 0 amide bonds. The number of hydrogen-bond donors (Lipinski definition) is 0. The fourth-order valence-corrected chi connectivity index (χ4v) is 7.59. The van der Waals surface area contributed by atoms with Gasteiger partial charge < -0.3 is 4.74 Å². The van der Waals surface area contributed by atoms with E-state index in [1.807, 2.05) is 13.0 Å². The van der Waals surface area contributed by atoms with Crippen LogP contribution in [-0.2, 0) is 0 Å². The second-order valence-electron chi connectivity index (χ2n) is 12.1. The maximum absolute atomic E-state index is 15.2. The highest BCUT2D eigenvalue weighted by molar-refractivity contribution is 5.32. The van der Waals surface area contributed by atoms with Gasteiger partial charge in [0.2, 0.25) is 0 Å². The highest BCUT2D eigenvalue weighted by Crippen LogP contribution is 2.46. The average Bonchev–Trinajstić information content (AvgIpc) is 2.91. The molecule has 0 atom stereocenters. The van der Waals surface area contributed by atoms with Crippen LogP contribution in [0.4, 0.5) is 8.78 Å². The lowest BCUT2D eigenvalue weighted by molar-refractivity contribution is 0.176. The van der Waals surface area contributed by atoms with Crippen LogP contribution in [0.2, 0.25) is 0 Å². The minimum Gasteiger partial charge on any atom is -0.491 e. The number of ether oxygens (including phenoxy) is 1. The number of rotatable bonds is 6. The molecule has 0 unspecified atom stereocenters. The third kappa shape index (κ3) is 5.81. The minimum atomic E-state index is -0.233. The summed E-state index contributed by atoms with van der Waals surface area (Å²) < 4.78 is 34.9. The standard InChI is InChI=1S/C33H44F2O/c1-3-36-33-19-17-29(21-32(33)35)26-10-8-23(9-11-26)24-12-14-27(15-13-24)30-18-16-28(20-31(30)34)25-6-4-22(2)5-7-25/h16-27H,3-15H2,1-2H3. The molecule has 0 aliphatic heterocycles. The maximum atomic E-state index is 15.2. The third-order valence-corrected chi connectivity index (χ3v) is 9.89. The van der Waals surface area contributed by atoms with Gasteiger partial charge in [0.25, 0.3) is 0 Å². The molecular weight excluding hydrogens is 450 g/mol. The molecule has 2 aromatic rings. The van der Waals surface area contributed by atoms with Gasteiger partial charge in [0.05, 0.1) is 6.61 Å². The topological polar surface area (TPSA) is 9.23 Å². The number of halogens is 2. The summed E-state index contributed by atoms with van der Waals surface area (Å²) in [4.78, 5) is 0. The van der Waals surface area contributed by atoms with E-state index >= 15 is 4.39 Å². The lowest BCUT2D eigenvalue weighted by Gasteiger charge is -2.38. The molecule has 3 heteroatoms. The van der Waals surface area contributed by atoms with E-state index in [-0.39, 0.29) is 11.6 Å². The van der Waals surface area contributed by atoms with Crippen LogP contribution in [0.25, 0.3) is 0 Å². The zero-order valence-corrected chi connectivity index (χ0v) is 22.3. The second-order valence-corrected chi connectivity index (χ2v) is 12.1. The lowest BCUT2D eigenvalue weighted by Crippen LogP contribution is -2.25. The molecule has 3 saturated carbocycles. The maximum Gasteiger partial charge on any atom is 0.165 e.